The molecule has 0 aliphatic heterocycles. The number of aryl methyl sites for hydroxylation is 1. The number of methoxy groups -OCH3 is 1. The summed E-state index contributed by atoms with van der Waals surface area (Å²) in [6, 6.07) is 7.91. The van der Waals surface area contributed by atoms with Gasteiger partial charge in [0.25, 0.3) is 0 Å². The van der Waals surface area contributed by atoms with Crippen molar-refractivity contribution in [2.75, 3.05) is 13.7 Å². The van der Waals surface area contributed by atoms with Crippen LogP contribution in [0.5, 0.6) is 0 Å². The molecule has 0 radical (unpaired) electrons. The molecule has 2 N–H and O–H groups in total. The normalized spacial score (nSPS) is 33.7. The van der Waals surface area contributed by atoms with Crippen LogP contribution in [-0.2, 0) is 20.9 Å². The van der Waals surface area contributed by atoms with Crippen molar-refractivity contribution in [3.8, 4) is 0 Å². The maximum absolute atomic E-state index is 12.3. The first-order chi connectivity index (χ1) is 13.0. The lowest BCUT2D eigenvalue weighted by Crippen LogP contribution is -2.63. The summed E-state index contributed by atoms with van der Waals surface area (Å²) in [4.78, 5) is 24.5. The zero-order chi connectivity index (χ0) is 19.0. The van der Waals surface area contributed by atoms with Crippen LogP contribution in [0.3, 0.4) is 0 Å². The summed E-state index contributed by atoms with van der Waals surface area (Å²) in [6.07, 6.45) is 6.19. The molecule has 0 aromatic heterocycles. The average Bonchev–Trinajstić information content (AvgIpc) is 2.66. The molecule has 4 fully saturated rings. The second kappa shape index (κ2) is 7.27. The maximum Gasteiger partial charge on any atom is 0.309 e. The van der Waals surface area contributed by atoms with E-state index in [1.807, 2.05) is 31.2 Å². The molecule has 4 aliphatic rings. The fourth-order valence-electron chi connectivity index (χ4n) is 5.94. The van der Waals surface area contributed by atoms with E-state index in [0.717, 1.165) is 17.4 Å². The molecule has 4 bridgehead atoms. The van der Waals surface area contributed by atoms with E-state index >= 15 is 0 Å². The summed E-state index contributed by atoms with van der Waals surface area (Å²) >= 11 is 0. The fourth-order valence-corrected chi connectivity index (χ4v) is 5.94. The zero-order valence-corrected chi connectivity index (χ0v) is 16.3. The minimum Gasteiger partial charge on any atom is -0.376 e. The van der Waals surface area contributed by atoms with Crippen LogP contribution in [0.25, 0.3) is 0 Å². The number of hydrogen-bond acceptors (Lipinski definition) is 3. The minimum absolute atomic E-state index is 0.291. The number of rotatable bonds is 5. The Morgan fingerprint density at radius 1 is 0.963 bits per heavy atom. The van der Waals surface area contributed by atoms with E-state index in [-0.39, 0.29) is 5.60 Å². The van der Waals surface area contributed by atoms with Gasteiger partial charge in [-0.25, -0.2) is 0 Å². The molecule has 1 aromatic carbocycles. The minimum atomic E-state index is -0.578. The third kappa shape index (κ3) is 3.49. The number of hydrogen-bond donors (Lipinski definition) is 2. The van der Waals surface area contributed by atoms with Crippen molar-refractivity contribution in [1.82, 2.24) is 10.6 Å². The second-order valence-electron chi connectivity index (χ2n) is 8.81. The number of ether oxygens (including phenoxy) is 1. The van der Waals surface area contributed by atoms with E-state index in [1.165, 1.54) is 37.7 Å². The Balaban J connectivity index is 1.32. The molecule has 0 atom stereocenters. The van der Waals surface area contributed by atoms with Gasteiger partial charge in [0.2, 0.25) is 0 Å². The summed E-state index contributed by atoms with van der Waals surface area (Å²) in [6.45, 7) is 2.82. The van der Waals surface area contributed by atoms with Gasteiger partial charge in [0.15, 0.2) is 0 Å². The van der Waals surface area contributed by atoms with Crippen molar-refractivity contribution in [2.24, 2.45) is 23.7 Å². The smallest absolute Gasteiger partial charge is 0.309 e. The fraction of sp³-hybridized carbons (Fsp3) is 0.636. The Morgan fingerprint density at radius 2 is 1.52 bits per heavy atom. The molecular weight excluding hydrogens is 340 g/mol. The van der Waals surface area contributed by atoms with E-state index in [2.05, 4.69) is 10.6 Å². The predicted octanol–water partition coefficient (Wildman–Crippen LogP) is 2.57. The van der Waals surface area contributed by atoms with Crippen molar-refractivity contribution < 1.29 is 14.3 Å². The van der Waals surface area contributed by atoms with Crippen molar-refractivity contribution in [3.63, 3.8) is 0 Å². The van der Waals surface area contributed by atoms with Gasteiger partial charge in [0.05, 0.1) is 5.60 Å². The van der Waals surface area contributed by atoms with Crippen LogP contribution in [0.2, 0.25) is 0 Å². The van der Waals surface area contributed by atoms with Crippen LogP contribution in [0, 0.1) is 30.6 Å². The van der Waals surface area contributed by atoms with Gasteiger partial charge in [0.1, 0.15) is 0 Å². The molecule has 0 unspecified atom stereocenters. The molecule has 2 amide bonds. The molecule has 5 nitrogen and oxygen atoms in total. The predicted molar refractivity (Wildman–Crippen MR) is 103 cm³/mol. The Morgan fingerprint density at radius 3 is 2.07 bits per heavy atom. The lowest BCUT2D eigenvalue weighted by atomic mass is 9.49. The van der Waals surface area contributed by atoms with Crippen LogP contribution in [0.15, 0.2) is 24.3 Å². The van der Waals surface area contributed by atoms with Crippen LogP contribution < -0.4 is 10.6 Å². The molecule has 5 heteroatoms. The lowest BCUT2D eigenvalue weighted by Gasteiger charge is -2.60. The van der Waals surface area contributed by atoms with Crippen molar-refractivity contribution in [3.05, 3.63) is 35.4 Å². The van der Waals surface area contributed by atoms with Crippen LogP contribution in [0.1, 0.15) is 43.2 Å². The van der Waals surface area contributed by atoms with Gasteiger partial charge in [-0.05, 0) is 68.3 Å². The summed E-state index contributed by atoms with van der Waals surface area (Å²) in [5, 5.41) is 5.58. The molecule has 4 saturated carbocycles. The van der Waals surface area contributed by atoms with Crippen molar-refractivity contribution in [1.29, 1.82) is 0 Å². The highest BCUT2D eigenvalue weighted by atomic mass is 16.5. The van der Waals surface area contributed by atoms with E-state index in [0.29, 0.717) is 24.9 Å². The Bertz CT molecular complexity index is 685. The largest absolute Gasteiger partial charge is 0.376 e. The third-order valence-corrected chi connectivity index (χ3v) is 7.21. The second-order valence-corrected chi connectivity index (χ2v) is 8.81. The first kappa shape index (κ1) is 18.5. The quantitative estimate of drug-likeness (QED) is 0.783. The molecular formula is C22H30N2O3. The third-order valence-electron chi connectivity index (χ3n) is 7.21. The highest BCUT2D eigenvalue weighted by molar-refractivity contribution is 6.35. The van der Waals surface area contributed by atoms with Gasteiger partial charge >= 0.3 is 11.8 Å². The van der Waals surface area contributed by atoms with Gasteiger partial charge < -0.3 is 15.4 Å². The van der Waals surface area contributed by atoms with Crippen LogP contribution in [0.4, 0.5) is 0 Å². The van der Waals surface area contributed by atoms with Gasteiger partial charge in [-0.2, -0.15) is 0 Å². The topological polar surface area (TPSA) is 67.4 Å². The van der Waals surface area contributed by atoms with E-state index < -0.39 is 11.8 Å². The average molecular weight is 370 g/mol. The van der Waals surface area contributed by atoms with Gasteiger partial charge in [-0.15, -0.1) is 0 Å². The SMILES string of the molecule is COC1(CNC(=O)C(=O)NCc2ccc(C)cc2)C2CC3CC(C2)CC1C3. The number of benzene rings is 1. The van der Waals surface area contributed by atoms with Crippen LogP contribution in [-0.4, -0.2) is 31.1 Å². The van der Waals surface area contributed by atoms with E-state index in [9.17, 15) is 9.59 Å². The summed E-state index contributed by atoms with van der Waals surface area (Å²) < 4.78 is 6.04. The van der Waals surface area contributed by atoms with E-state index in [4.69, 9.17) is 4.74 Å². The Kier molecular flexibility index (Phi) is 4.97. The van der Waals surface area contributed by atoms with Gasteiger partial charge in [0, 0.05) is 20.2 Å². The molecule has 146 valence electrons. The molecule has 27 heavy (non-hydrogen) atoms. The highest BCUT2D eigenvalue weighted by Crippen LogP contribution is 2.59. The summed E-state index contributed by atoms with van der Waals surface area (Å²) in [5.74, 6) is 1.55. The molecule has 5 rings (SSSR count). The molecule has 0 saturated heterocycles. The molecule has 4 aliphatic carbocycles. The lowest BCUT2D eigenvalue weighted by molar-refractivity contribution is -0.188. The highest BCUT2D eigenvalue weighted by Gasteiger charge is 2.57. The number of nitrogens with one attached hydrogen (secondary N) is 2. The van der Waals surface area contributed by atoms with Crippen molar-refractivity contribution in [2.45, 2.75) is 51.2 Å². The molecule has 1 aromatic rings. The standard InChI is InChI=1S/C22H30N2O3/c1-14-3-5-15(6-4-14)12-23-20(25)21(26)24-13-22(27-2)18-8-16-7-17(10-18)11-19(22)9-16/h3-6,16-19H,7-13H2,1-2H3,(H,23,25)(H,24,26). The molecule has 0 heterocycles. The van der Waals surface area contributed by atoms with Gasteiger partial charge in [-0.3, -0.25) is 9.59 Å². The Hall–Kier alpha value is -1.88. The number of amides is 2. The van der Waals surface area contributed by atoms with E-state index in [1.54, 1.807) is 7.11 Å². The van der Waals surface area contributed by atoms with Gasteiger partial charge in [-0.1, -0.05) is 29.8 Å². The first-order valence-electron chi connectivity index (χ1n) is 10.2. The van der Waals surface area contributed by atoms with Crippen LogP contribution >= 0.6 is 0 Å². The number of carbonyl (C=O) groups excluding carboxylic acids is 2. The van der Waals surface area contributed by atoms with Crippen molar-refractivity contribution >= 4 is 11.8 Å². The summed E-state index contributed by atoms with van der Waals surface area (Å²) in [7, 11) is 1.77. The zero-order valence-electron chi connectivity index (χ0n) is 16.3. The molecule has 0 spiro atoms. The Labute approximate surface area is 161 Å². The summed E-state index contributed by atoms with van der Waals surface area (Å²) in [5.41, 5.74) is 1.86. The maximum atomic E-state index is 12.3. The first-order valence-corrected chi connectivity index (χ1v) is 10.2. The monoisotopic (exact) mass is 370 g/mol. The number of carbonyl (C=O) groups is 2.